The van der Waals surface area contributed by atoms with Crippen LogP contribution in [0.15, 0.2) is 40.8 Å². The third-order valence-electron chi connectivity index (χ3n) is 5.12. The minimum absolute atomic E-state index is 0.0894. The highest BCUT2D eigenvalue weighted by Gasteiger charge is 2.49. The summed E-state index contributed by atoms with van der Waals surface area (Å²) in [6.45, 7) is 1.84. The zero-order valence-corrected chi connectivity index (χ0v) is 15.4. The van der Waals surface area contributed by atoms with Gasteiger partial charge in [-0.15, -0.1) is 11.3 Å². The average Bonchev–Trinajstić information content (AvgIpc) is 3.16. The van der Waals surface area contributed by atoms with E-state index >= 15 is 0 Å². The van der Waals surface area contributed by atoms with Crippen LogP contribution in [0.4, 0.5) is 5.82 Å². The molecule has 0 radical (unpaired) electrons. The van der Waals surface area contributed by atoms with Gasteiger partial charge in [0, 0.05) is 7.05 Å². The molecule has 2 aliphatic rings. The lowest BCUT2D eigenvalue weighted by atomic mass is 9.84. The fourth-order valence-corrected chi connectivity index (χ4v) is 4.30. The van der Waals surface area contributed by atoms with Crippen LogP contribution in [0.1, 0.15) is 26.2 Å². The van der Waals surface area contributed by atoms with E-state index in [1.54, 1.807) is 6.08 Å². The monoisotopic (exact) mass is 369 g/mol. The van der Waals surface area contributed by atoms with Crippen molar-refractivity contribution >= 4 is 39.6 Å². The summed E-state index contributed by atoms with van der Waals surface area (Å²) in [7, 11) is 1.93. The Balaban J connectivity index is 1.66. The molecular weight excluding hydrogens is 350 g/mol. The number of anilines is 1. The first-order valence-electron chi connectivity index (χ1n) is 8.43. The summed E-state index contributed by atoms with van der Waals surface area (Å²) in [6.07, 6.45) is 6.90. The second-order valence-corrected chi connectivity index (χ2v) is 7.53. The number of carbonyl (C=O) groups is 2. The van der Waals surface area contributed by atoms with Crippen LogP contribution in [0.25, 0.3) is 10.2 Å². The van der Waals surface area contributed by atoms with Gasteiger partial charge in [-0.3, -0.25) is 9.59 Å². The number of thiophene rings is 1. The highest BCUT2D eigenvalue weighted by Crippen LogP contribution is 2.41. The molecule has 2 N–H and O–H groups in total. The van der Waals surface area contributed by atoms with Crippen LogP contribution < -0.4 is 10.6 Å². The molecule has 4 rings (SSSR count). The number of hydrogen-bond donors (Lipinski definition) is 2. The molecule has 1 aliphatic heterocycles. The lowest BCUT2D eigenvalue weighted by molar-refractivity contribution is -0.117. The van der Waals surface area contributed by atoms with Crippen molar-refractivity contribution in [2.75, 3.05) is 12.4 Å². The van der Waals surface area contributed by atoms with Crippen LogP contribution in [0, 0.1) is 0 Å². The Morgan fingerprint density at radius 2 is 2.23 bits per heavy atom. The van der Waals surface area contributed by atoms with Crippen molar-refractivity contribution in [3.05, 3.63) is 40.8 Å². The summed E-state index contributed by atoms with van der Waals surface area (Å²) in [5.41, 5.74) is 1.44. The number of hydrogen-bond acceptors (Lipinski definition) is 7. The molecule has 26 heavy (non-hydrogen) atoms. The SMILES string of the molecule is CC(/C=C(\C=O)Nc1ncnc2sccc12)=C1\C(=O)NC2(CCC2)N1C. The molecule has 1 amide bonds. The highest BCUT2D eigenvalue weighted by atomic mass is 32.1. The first kappa shape index (κ1) is 16.7. The quantitative estimate of drug-likeness (QED) is 0.636. The lowest BCUT2D eigenvalue weighted by Gasteiger charge is -2.44. The number of aldehydes is 1. The number of aromatic nitrogens is 2. The maximum Gasteiger partial charge on any atom is 0.269 e. The summed E-state index contributed by atoms with van der Waals surface area (Å²) >= 11 is 1.51. The molecule has 8 heteroatoms. The van der Waals surface area contributed by atoms with Crippen LogP contribution in [0.3, 0.4) is 0 Å². The molecule has 2 aromatic rings. The molecule has 1 saturated carbocycles. The Morgan fingerprint density at radius 3 is 2.88 bits per heavy atom. The predicted octanol–water partition coefficient (Wildman–Crippen LogP) is 2.40. The number of allylic oxidation sites excluding steroid dienone is 3. The molecule has 3 heterocycles. The fraction of sp³-hybridized carbons (Fsp3) is 0.333. The van der Waals surface area contributed by atoms with Crippen molar-refractivity contribution < 1.29 is 9.59 Å². The first-order chi connectivity index (χ1) is 12.5. The average molecular weight is 369 g/mol. The van der Waals surface area contributed by atoms with Crippen molar-refractivity contribution in [1.82, 2.24) is 20.2 Å². The number of amides is 1. The van der Waals surface area contributed by atoms with Crippen LogP contribution in [-0.2, 0) is 9.59 Å². The van der Waals surface area contributed by atoms with Crippen LogP contribution >= 0.6 is 11.3 Å². The molecule has 0 bridgehead atoms. The third-order valence-corrected chi connectivity index (χ3v) is 5.94. The molecule has 2 fully saturated rings. The van der Waals surface area contributed by atoms with Crippen molar-refractivity contribution in [2.24, 2.45) is 0 Å². The largest absolute Gasteiger partial charge is 0.347 e. The van der Waals surface area contributed by atoms with Gasteiger partial charge in [-0.2, -0.15) is 0 Å². The van der Waals surface area contributed by atoms with Crippen molar-refractivity contribution in [3.63, 3.8) is 0 Å². The minimum Gasteiger partial charge on any atom is -0.347 e. The number of likely N-dealkylation sites (N-methyl/N-ethyl adjacent to an activating group) is 1. The minimum atomic E-state index is -0.244. The highest BCUT2D eigenvalue weighted by molar-refractivity contribution is 7.16. The van der Waals surface area contributed by atoms with Crippen molar-refractivity contribution in [1.29, 1.82) is 0 Å². The van der Waals surface area contributed by atoms with E-state index in [1.807, 2.05) is 30.3 Å². The molecule has 7 nitrogen and oxygen atoms in total. The Hall–Kier alpha value is -2.74. The second-order valence-electron chi connectivity index (χ2n) is 6.63. The summed E-state index contributed by atoms with van der Waals surface area (Å²) in [5, 5.41) is 8.93. The van der Waals surface area contributed by atoms with Gasteiger partial charge in [0.15, 0.2) is 6.29 Å². The number of nitrogens with one attached hydrogen (secondary N) is 2. The second kappa shape index (κ2) is 6.21. The molecule has 2 aromatic heterocycles. The third kappa shape index (κ3) is 2.57. The molecule has 1 spiro atoms. The van der Waals surface area contributed by atoms with Gasteiger partial charge in [0.1, 0.15) is 28.3 Å². The Kier molecular flexibility index (Phi) is 3.99. The Labute approximate surface area is 154 Å². The topological polar surface area (TPSA) is 87.2 Å². The number of nitrogens with zero attached hydrogens (tertiary/aromatic N) is 3. The van der Waals surface area contributed by atoms with Crippen molar-refractivity contribution in [3.8, 4) is 0 Å². The predicted molar refractivity (Wildman–Crippen MR) is 100 cm³/mol. The summed E-state index contributed by atoms with van der Waals surface area (Å²) in [6, 6.07) is 1.91. The summed E-state index contributed by atoms with van der Waals surface area (Å²) in [4.78, 5) is 35.3. The van der Waals surface area contributed by atoms with E-state index in [0.717, 1.165) is 41.3 Å². The van der Waals surface area contributed by atoms with Gasteiger partial charge in [0.05, 0.1) is 11.1 Å². The summed E-state index contributed by atoms with van der Waals surface area (Å²) in [5.74, 6) is 0.487. The van der Waals surface area contributed by atoms with Gasteiger partial charge in [0.2, 0.25) is 0 Å². The number of fused-ring (bicyclic) bond motifs is 1. The first-order valence-corrected chi connectivity index (χ1v) is 9.31. The zero-order chi connectivity index (χ0) is 18.3. The summed E-state index contributed by atoms with van der Waals surface area (Å²) < 4.78 is 0. The van der Waals surface area contributed by atoms with Gasteiger partial charge in [0.25, 0.3) is 5.91 Å². The molecule has 134 valence electrons. The van der Waals surface area contributed by atoms with Crippen LogP contribution in [-0.4, -0.2) is 39.8 Å². The molecular formula is C18H19N5O2S. The van der Waals surface area contributed by atoms with E-state index in [-0.39, 0.29) is 11.6 Å². The van der Waals surface area contributed by atoms with E-state index in [4.69, 9.17) is 0 Å². The van der Waals surface area contributed by atoms with Gasteiger partial charge in [-0.1, -0.05) is 0 Å². The van der Waals surface area contributed by atoms with E-state index in [2.05, 4.69) is 20.6 Å². The van der Waals surface area contributed by atoms with E-state index in [0.29, 0.717) is 17.2 Å². The smallest absolute Gasteiger partial charge is 0.269 e. The Morgan fingerprint density at radius 1 is 1.42 bits per heavy atom. The standard InChI is InChI=1S/C18H19N5O2S/c1-11(14-16(25)22-18(23(14)2)5-3-6-18)8-12(9-24)21-15-13-4-7-26-17(13)20-10-19-15/h4,7-10H,3,5-6H2,1-2H3,(H,22,25)(H,19,20,21)/b12-8+,14-11-. The van der Waals surface area contributed by atoms with E-state index < -0.39 is 0 Å². The molecule has 1 aliphatic carbocycles. The van der Waals surface area contributed by atoms with E-state index in [1.165, 1.54) is 17.7 Å². The normalized spacial score (nSPS) is 20.9. The number of rotatable bonds is 4. The Bertz CT molecular complexity index is 957. The van der Waals surface area contributed by atoms with Gasteiger partial charge in [-0.25, -0.2) is 9.97 Å². The molecule has 0 atom stereocenters. The van der Waals surface area contributed by atoms with Crippen LogP contribution in [0.5, 0.6) is 0 Å². The maximum absolute atomic E-state index is 12.4. The maximum atomic E-state index is 12.4. The van der Waals surface area contributed by atoms with Crippen LogP contribution in [0.2, 0.25) is 0 Å². The van der Waals surface area contributed by atoms with Gasteiger partial charge >= 0.3 is 0 Å². The zero-order valence-electron chi connectivity index (χ0n) is 14.6. The molecule has 0 unspecified atom stereocenters. The molecule has 0 aromatic carbocycles. The molecule has 1 saturated heterocycles. The van der Waals surface area contributed by atoms with Crippen molar-refractivity contribution in [2.45, 2.75) is 31.8 Å². The lowest BCUT2D eigenvalue weighted by Crippen LogP contribution is -2.55. The van der Waals surface area contributed by atoms with E-state index in [9.17, 15) is 9.59 Å². The number of carbonyl (C=O) groups excluding carboxylic acids is 2. The van der Waals surface area contributed by atoms with Gasteiger partial charge in [-0.05, 0) is 49.3 Å². The fourth-order valence-electron chi connectivity index (χ4n) is 3.56. The van der Waals surface area contributed by atoms with Gasteiger partial charge < -0.3 is 15.5 Å².